The van der Waals surface area contributed by atoms with Crippen LogP contribution in [0.25, 0.3) is 22.0 Å². The molecular weight excluding hydrogens is 402 g/mol. The van der Waals surface area contributed by atoms with E-state index in [1.807, 2.05) is 50.4 Å². The smallest absolute Gasteiger partial charge is 0.419 e. The normalized spacial score (nSPS) is 15.1. The molecule has 1 saturated carbocycles. The van der Waals surface area contributed by atoms with Gasteiger partial charge >= 0.3 is 12.1 Å². The van der Waals surface area contributed by atoms with Gasteiger partial charge in [-0.05, 0) is 56.7 Å². The number of rotatable bonds is 4. The average Bonchev–Trinajstić information content (AvgIpc) is 3.20. The van der Waals surface area contributed by atoms with Gasteiger partial charge in [0.15, 0.2) is 5.78 Å². The summed E-state index contributed by atoms with van der Waals surface area (Å²) in [5, 5.41) is 2.76. The van der Waals surface area contributed by atoms with Gasteiger partial charge in [-0.25, -0.2) is 4.79 Å². The van der Waals surface area contributed by atoms with Crippen molar-refractivity contribution in [2.45, 2.75) is 39.2 Å². The van der Waals surface area contributed by atoms with Crippen LogP contribution in [0.4, 0.5) is 4.79 Å². The molecule has 1 fully saturated rings. The van der Waals surface area contributed by atoms with Crippen molar-refractivity contribution >= 4 is 40.1 Å². The maximum Gasteiger partial charge on any atom is 0.419 e. The fourth-order valence-corrected chi connectivity index (χ4v) is 4.49. The van der Waals surface area contributed by atoms with Crippen molar-refractivity contribution in [1.29, 1.82) is 0 Å². The fourth-order valence-electron chi connectivity index (χ4n) is 3.55. The standard InChI is InChI=1S/C23H23NO5S/c1-22(2,3)29-21(27)24-12-16(15-7-5-6-8-17(15)24)14-11-18(30-13-14)19(25)23(9-10-23)20(26)28-4/h5-8,11-13H,9-10H2,1-4H3. The van der Waals surface area contributed by atoms with E-state index < -0.39 is 23.1 Å². The van der Waals surface area contributed by atoms with Crippen molar-refractivity contribution in [2.24, 2.45) is 5.41 Å². The molecule has 1 aromatic carbocycles. The van der Waals surface area contributed by atoms with E-state index in [0.29, 0.717) is 17.7 Å². The summed E-state index contributed by atoms with van der Waals surface area (Å²) in [6.07, 6.45) is 2.31. The summed E-state index contributed by atoms with van der Waals surface area (Å²) in [5.74, 6) is -0.662. The lowest BCUT2D eigenvalue weighted by Crippen LogP contribution is -2.26. The number of methoxy groups -OCH3 is 1. The molecule has 0 radical (unpaired) electrons. The Hall–Kier alpha value is -2.93. The molecule has 0 atom stereocenters. The van der Waals surface area contributed by atoms with Crippen LogP contribution in [0.5, 0.6) is 0 Å². The minimum absolute atomic E-state index is 0.193. The molecule has 2 aromatic heterocycles. The van der Waals surface area contributed by atoms with Crippen LogP contribution < -0.4 is 0 Å². The topological polar surface area (TPSA) is 74.6 Å². The number of ketones is 1. The number of ether oxygens (including phenoxy) is 2. The molecule has 0 saturated heterocycles. The Bertz CT molecular complexity index is 1160. The number of hydrogen-bond acceptors (Lipinski definition) is 6. The van der Waals surface area contributed by atoms with Crippen LogP contribution in [0.1, 0.15) is 43.3 Å². The highest BCUT2D eigenvalue weighted by Gasteiger charge is 2.58. The van der Waals surface area contributed by atoms with E-state index in [-0.39, 0.29) is 5.78 Å². The van der Waals surface area contributed by atoms with E-state index in [1.54, 1.807) is 12.3 Å². The Morgan fingerprint density at radius 1 is 1.13 bits per heavy atom. The zero-order valence-electron chi connectivity index (χ0n) is 17.4. The lowest BCUT2D eigenvalue weighted by molar-refractivity contribution is -0.145. The molecule has 0 aliphatic heterocycles. The Kier molecular flexibility index (Phi) is 4.81. The number of benzene rings is 1. The van der Waals surface area contributed by atoms with Gasteiger partial charge in [0.05, 0.1) is 17.5 Å². The van der Waals surface area contributed by atoms with Gasteiger partial charge in [-0.15, -0.1) is 11.3 Å². The van der Waals surface area contributed by atoms with Crippen LogP contribution in [0, 0.1) is 5.41 Å². The van der Waals surface area contributed by atoms with Crippen LogP contribution in [-0.4, -0.2) is 35.1 Å². The summed E-state index contributed by atoms with van der Waals surface area (Å²) in [6, 6.07) is 9.35. The van der Waals surface area contributed by atoms with Crippen molar-refractivity contribution in [3.63, 3.8) is 0 Å². The molecule has 0 N–H and O–H groups in total. The number of para-hydroxylation sites is 1. The van der Waals surface area contributed by atoms with E-state index in [4.69, 9.17) is 9.47 Å². The average molecular weight is 426 g/mol. The predicted octanol–water partition coefficient (Wildman–Crippen LogP) is 5.29. The molecule has 3 aromatic rings. The third-order valence-electron chi connectivity index (χ3n) is 5.20. The number of fused-ring (bicyclic) bond motifs is 1. The van der Waals surface area contributed by atoms with Gasteiger partial charge in [0.1, 0.15) is 11.0 Å². The second kappa shape index (κ2) is 7.09. The van der Waals surface area contributed by atoms with Crippen LogP contribution in [0.2, 0.25) is 0 Å². The molecule has 30 heavy (non-hydrogen) atoms. The Morgan fingerprint density at radius 3 is 2.47 bits per heavy atom. The minimum Gasteiger partial charge on any atom is -0.468 e. The van der Waals surface area contributed by atoms with Gasteiger partial charge in [-0.3, -0.25) is 14.2 Å². The molecule has 156 valence electrons. The van der Waals surface area contributed by atoms with Crippen LogP contribution in [0.3, 0.4) is 0 Å². The van der Waals surface area contributed by atoms with Crippen LogP contribution >= 0.6 is 11.3 Å². The number of Topliss-reactive ketones (excluding diaryl/α,β-unsaturated/α-hetero) is 1. The number of thiophene rings is 1. The van der Waals surface area contributed by atoms with Crippen molar-refractivity contribution in [3.05, 3.63) is 46.8 Å². The summed E-state index contributed by atoms with van der Waals surface area (Å²) in [7, 11) is 1.31. The van der Waals surface area contributed by atoms with Gasteiger partial charge in [0, 0.05) is 17.1 Å². The second-order valence-corrected chi connectivity index (χ2v) is 9.42. The first kappa shape index (κ1) is 20.3. The first-order valence-corrected chi connectivity index (χ1v) is 10.6. The summed E-state index contributed by atoms with van der Waals surface area (Å²) in [4.78, 5) is 38.2. The Balaban J connectivity index is 1.72. The van der Waals surface area contributed by atoms with Gasteiger partial charge in [0.25, 0.3) is 0 Å². The summed E-state index contributed by atoms with van der Waals surface area (Å²) in [5.41, 5.74) is 0.740. The van der Waals surface area contributed by atoms with E-state index in [2.05, 4.69) is 0 Å². The minimum atomic E-state index is -1.03. The Morgan fingerprint density at radius 2 is 1.83 bits per heavy atom. The van der Waals surface area contributed by atoms with Crippen LogP contribution in [0.15, 0.2) is 41.9 Å². The molecule has 2 heterocycles. The summed E-state index contributed by atoms with van der Waals surface area (Å²) < 4.78 is 11.9. The van der Waals surface area contributed by atoms with Gasteiger partial charge in [-0.1, -0.05) is 18.2 Å². The molecule has 0 unspecified atom stereocenters. The lowest BCUT2D eigenvalue weighted by Gasteiger charge is -2.19. The maximum atomic E-state index is 12.9. The SMILES string of the molecule is COC(=O)C1(C(=O)c2cc(-c3cn(C(=O)OC(C)(C)C)c4ccccc34)cs2)CC1. The summed E-state index contributed by atoms with van der Waals surface area (Å²) >= 11 is 1.30. The molecule has 0 spiro atoms. The quantitative estimate of drug-likeness (QED) is 0.323. The molecule has 7 heteroatoms. The largest absolute Gasteiger partial charge is 0.468 e. The van der Waals surface area contributed by atoms with Crippen LogP contribution in [-0.2, 0) is 14.3 Å². The van der Waals surface area contributed by atoms with E-state index in [0.717, 1.165) is 22.0 Å². The number of nitrogens with zero attached hydrogens (tertiary/aromatic N) is 1. The predicted molar refractivity (Wildman–Crippen MR) is 115 cm³/mol. The fraction of sp³-hybridized carbons (Fsp3) is 0.348. The first-order valence-electron chi connectivity index (χ1n) is 9.72. The zero-order chi connectivity index (χ0) is 21.7. The lowest BCUT2D eigenvalue weighted by atomic mass is 9.99. The molecule has 4 rings (SSSR count). The third kappa shape index (κ3) is 3.43. The highest BCUT2D eigenvalue weighted by atomic mass is 32.1. The maximum absolute atomic E-state index is 12.9. The highest BCUT2D eigenvalue weighted by Crippen LogP contribution is 2.50. The monoisotopic (exact) mass is 425 g/mol. The molecular formula is C23H23NO5S. The number of esters is 1. The van der Waals surface area contributed by atoms with Crippen molar-refractivity contribution in [1.82, 2.24) is 4.57 Å². The van der Waals surface area contributed by atoms with Gasteiger partial charge in [-0.2, -0.15) is 0 Å². The van der Waals surface area contributed by atoms with Crippen molar-refractivity contribution in [3.8, 4) is 11.1 Å². The molecule has 0 amide bonds. The Labute approximate surface area is 178 Å². The number of carbonyl (C=O) groups is 3. The number of carbonyl (C=O) groups excluding carboxylic acids is 3. The highest BCUT2D eigenvalue weighted by molar-refractivity contribution is 7.12. The van der Waals surface area contributed by atoms with E-state index in [9.17, 15) is 14.4 Å². The third-order valence-corrected chi connectivity index (χ3v) is 6.13. The van der Waals surface area contributed by atoms with Crippen molar-refractivity contribution < 1.29 is 23.9 Å². The molecule has 1 aliphatic rings. The molecule has 0 bridgehead atoms. The van der Waals surface area contributed by atoms with Gasteiger partial charge < -0.3 is 9.47 Å². The zero-order valence-corrected chi connectivity index (χ0v) is 18.2. The van der Waals surface area contributed by atoms with E-state index in [1.165, 1.54) is 23.0 Å². The first-order chi connectivity index (χ1) is 14.2. The second-order valence-electron chi connectivity index (χ2n) is 8.51. The molecule has 1 aliphatic carbocycles. The number of aromatic nitrogens is 1. The number of hydrogen-bond donors (Lipinski definition) is 0. The van der Waals surface area contributed by atoms with Gasteiger partial charge in [0.2, 0.25) is 0 Å². The van der Waals surface area contributed by atoms with E-state index >= 15 is 0 Å². The molecule has 6 nitrogen and oxygen atoms in total. The van der Waals surface area contributed by atoms with Crippen molar-refractivity contribution in [2.75, 3.05) is 7.11 Å². The summed E-state index contributed by atoms with van der Waals surface area (Å²) in [6.45, 7) is 5.47.